The Bertz CT molecular complexity index is 637. The molecule has 4 rings (SSSR count). The fraction of sp³-hybridized carbons (Fsp3) is 0.316. The van der Waals surface area contributed by atoms with Gasteiger partial charge in [0.25, 0.3) is 0 Å². The van der Waals surface area contributed by atoms with Crippen molar-refractivity contribution in [2.45, 2.75) is 30.7 Å². The number of hydrogen-bond donors (Lipinski definition) is 1. The summed E-state index contributed by atoms with van der Waals surface area (Å²) in [7, 11) is 0. The molecule has 2 fully saturated rings. The van der Waals surface area contributed by atoms with Gasteiger partial charge in [0.2, 0.25) is 5.91 Å². The molecular weight excluding hydrogens is 258 g/mol. The van der Waals surface area contributed by atoms with Crippen molar-refractivity contribution >= 4 is 5.91 Å². The summed E-state index contributed by atoms with van der Waals surface area (Å²) in [5.74, 6) is 1.38. The smallest absolute Gasteiger partial charge is 0.223 e. The normalized spacial score (nSPS) is 29.7. The number of nitrogens with one attached hydrogen (secondary N) is 1. The lowest BCUT2D eigenvalue weighted by Gasteiger charge is -2.05. The van der Waals surface area contributed by atoms with Gasteiger partial charge in [-0.1, -0.05) is 60.7 Å². The minimum atomic E-state index is 0.185. The molecular formula is C19H19NO. The molecule has 0 aliphatic heterocycles. The lowest BCUT2D eigenvalue weighted by molar-refractivity contribution is -0.122. The van der Waals surface area contributed by atoms with E-state index in [1.54, 1.807) is 0 Å². The molecule has 2 saturated carbocycles. The molecule has 0 aromatic heterocycles. The van der Waals surface area contributed by atoms with E-state index in [0.29, 0.717) is 17.9 Å². The second kappa shape index (κ2) is 5.03. The van der Waals surface area contributed by atoms with Gasteiger partial charge >= 0.3 is 0 Å². The summed E-state index contributed by atoms with van der Waals surface area (Å²) in [6.45, 7) is 0. The molecule has 0 spiro atoms. The van der Waals surface area contributed by atoms with Crippen LogP contribution in [0, 0.1) is 5.92 Å². The van der Waals surface area contributed by atoms with Crippen molar-refractivity contribution in [2.75, 3.05) is 0 Å². The number of carbonyl (C=O) groups excluding carboxylic acids is 1. The van der Waals surface area contributed by atoms with Crippen LogP contribution in [0.1, 0.15) is 35.8 Å². The summed E-state index contributed by atoms with van der Waals surface area (Å²) < 4.78 is 0. The van der Waals surface area contributed by atoms with Gasteiger partial charge in [-0.2, -0.15) is 0 Å². The van der Waals surface area contributed by atoms with Crippen LogP contribution in [0.5, 0.6) is 0 Å². The van der Waals surface area contributed by atoms with Gasteiger partial charge in [0.15, 0.2) is 0 Å². The van der Waals surface area contributed by atoms with Gasteiger partial charge in [-0.15, -0.1) is 0 Å². The van der Waals surface area contributed by atoms with Crippen molar-refractivity contribution in [1.29, 1.82) is 0 Å². The molecule has 0 saturated heterocycles. The molecule has 0 radical (unpaired) electrons. The molecule has 106 valence electrons. The highest BCUT2D eigenvalue weighted by atomic mass is 16.2. The van der Waals surface area contributed by atoms with Gasteiger partial charge in [-0.05, 0) is 29.9 Å². The van der Waals surface area contributed by atoms with Crippen molar-refractivity contribution in [3.05, 3.63) is 71.8 Å². The van der Waals surface area contributed by atoms with Gasteiger partial charge in [0.1, 0.15) is 0 Å². The average molecular weight is 277 g/mol. The van der Waals surface area contributed by atoms with Crippen LogP contribution in [0.15, 0.2) is 60.7 Å². The third-order valence-electron chi connectivity index (χ3n) is 4.70. The first-order valence-corrected chi connectivity index (χ1v) is 7.73. The third kappa shape index (κ3) is 2.58. The second-order valence-electron chi connectivity index (χ2n) is 6.23. The Balaban J connectivity index is 1.33. The van der Waals surface area contributed by atoms with Crippen LogP contribution < -0.4 is 5.32 Å². The molecule has 0 unspecified atom stereocenters. The van der Waals surface area contributed by atoms with Gasteiger partial charge in [0, 0.05) is 17.9 Å². The van der Waals surface area contributed by atoms with E-state index in [1.807, 2.05) is 12.1 Å². The van der Waals surface area contributed by atoms with E-state index in [2.05, 4.69) is 53.8 Å². The molecule has 2 aromatic rings. The van der Waals surface area contributed by atoms with Gasteiger partial charge < -0.3 is 5.32 Å². The fourth-order valence-electron chi connectivity index (χ4n) is 3.27. The predicted molar refractivity (Wildman–Crippen MR) is 83.0 cm³/mol. The first-order chi connectivity index (χ1) is 10.3. The predicted octanol–water partition coefficient (Wildman–Crippen LogP) is 3.46. The highest BCUT2D eigenvalue weighted by Crippen LogP contribution is 2.48. The van der Waals surface area contributed by atoms with Crippen LogP contribution in [0.2, 0.25) is 0 Å². The van der Waals surface area contributed by atoms with E-state index in [9.17, 15) is 4.79 Å². The Labute approximate surface area is 125 Å². The highest BCUT2D eigenvalue weighted by molar-refractivity contribution is 5.83. The molecule has 0 heterocycles. The second-order valence-corrected chi connectivity index (χ2v) is 6.23. The molecule has 21 heavy (non-hydrogen) atoms. The Morgan fingerprint density at radius 2 is 1.38 bits per heavy atom. The maximum Gasteiger partial charge on any atom is 0.223 e. The SMILES string of the molecule is O=C(N[C@H]1C[C@@H]1c1ccccc1)[C@H]1C[C@@H]1c1ccccc1. The molecule has 2 aliphatic rings. The summed E-state index contributed by atoms with van der Waals surface area (Å²) in [4.78, 5) is 12.3. The van der Waals surface area contributed by atoms with Crippen molar-refractivity contribution in [3.63, 3.8) is 0 Å². The molecule has 1 amide bonds. The number of rotatable bonds is 4. The average Bonchev–Trinajstić information content (AvgIpc) is 3.43. The van der Waals surface area contributed by atoms with Crippen molar-refractivity contribution < 1.29 is 4.79 Å². The van der Waals surface area contributed by atoms with E-state index >= 15 is 0 Å². The van der Waals surface area contributed by atoms with E-state index in [0.717, 1.165) is 12.8 Å². The summed E-state index contributed by atoms with van der Waals surface area (Å²) in [5, 5.41) is 3.23. The van der Waals surface area contributed by atoms with Crippen LogP contribution in [-0.2, 0) is 4.79 Å². The van der Waals surface area contributed by atoms with Crippen LogP contribution in [0.4, 0.5) is 0 Å². The number of hydrogen-bond acceptors (Lipinski definition) is 1. The first-order valence-electron chi connectivity index (χ1n) is 7.73. The highest BCUT2D eigenvalue weighted by Gasteiger charge is 2.47. The third-order valence-corrected chi connectivity index (χ3v) is 4.70. The van der Waals surface area contributed by atoms with Gasteiger partial charge in [-0.3, -0.25) is 4.79 Å². The van der Waals surface area contributed by atoms with E-state index in [4.69, 9.17) is 0 Å². The van der Waals surface area contributed by atoms with E-state index < -0.39 is 0 Å². The van der Waals surface area contributed by atoms with Crippen LogP contribution >= 0.6 is 0 Å². The van der Waals surface area contributed by atoms with E-state index in [1.165, 1.54) is 11.1 Å². The maximum absolute atomic E-state index is 12.3. The summed E-state index contributed by atoms with van der Waals surface area (Å²) in [6.07, 6.45) is 2.08. The Morgan fingerprint density at radius 1 is 0.810 bits per heavy atom. The van der Waals surface area contributed by atoms with Crippen LogP contribution in [-0.4, -0.2) is 11.9 Å². The quantitative estimate of drug-likeness (QED) is 0.911. The standard InChI is InChI=1S/C19H19NO/c21-19(17-11-15(17)13-7-3-1-4-8-13)20-18-12-16(18)14-9-5-2-6-10-14/h1-10,15-18H,11-12H2,(H,20,21)/t15-,16-,17+,18+/m1/s1. The van der Waals surface area contributed by atoms with Crippen molar-refractivity contribution in [2.24, 2.45) is 5.92 Å². The molecule has 2 nitrogen and oxygen atoms in total. The lowest BCUT2D eigenvalue weighted by Crippen LogP contribution is -2.28. The number of benzene rings is 2. The Hall–Kier alpha value is -2.09. The summed E-state index contributed by atoms with van der Waals surface area (Å²) >= 11 is 0. The molecule has 1 N–H and O–H groups in total. The van der Waals surface area contributed by atoms with E-state index in [-0.39, 0.29) is 11.8 Å². The maximum atomic E-state index is 12.3. The molecule has 2 aliphatic carbocycles. The number of carbonyl (C=O) groups is 1. The van der Waals surface area contributed by atoms with Crippen molar-refractivity contribution in [3.8, 4) is 0 Å². The lowest BCUT2D eigenvalue weighted by atomic mass is 10.1. The minimum absolute atomic E-state index is 0.185. The fourth-order valence-corrected chi connectivity index (χ4v) is 3.27. The van der Waals surface area contributed by atoms with Crippen molar-refractivity contribution in [1.82, 2.24) is 5.32 Å². The summed E-state index contributed by atoms with van der Waals surface area (Å²) in [5.41, 5.74) is 2.64. The number of amides is 1. The van der Waals surface area contributed by atoms with Gasteiger partial charge in [0.05, 0.1) is 0 Å². The molecule has 2 aromatic carbocycles. The minimum Gasteiger partial charge on any atom is -0.352 e. The largest absolute Gasteiger partial charge is 0.352 e. The zero-order valence-corrected chi connectivity index (χ0v) is 11.9. The summed E-state index contributed by atoms with van der Waals surface area (Å²) in [6, 6.07) is 21.2. The van der Waals surface area contributed by atoms with Crippen LogP contribution in [0.3, 0.4) is 0 Å². The van der Waals surface area contributed by atoms with Crippen LogP contribution in [0.25, 0.3) is 0 Å². The Morgan fingerprint density at radius 3 is 2.00 bits per heavy atom. The topological polar surface area (TPSA) is 29.1 Å². The van der Waals surface area contributed by atoms with Gasteiger partial charge in [-0.25, -0.2) is 0 Å². The first kappa shape index (κ1) is 12.6. The Kier molecular flexibility index (Phi) is 3.03. The molecule has 4 atom stereocenters. The molecule has 0 bridgehead atoms. The zero-order valence-electron chi connectivity index (χ0n) is 11.9. The molecule has 2 heteroatoms. The monoisotopic (exact) mass is 277 g/mol. The zero-order chi connectivity index (χ0) is 14.2.